The molecular formula is C23H29FO7. The van der Waals surface area contributed by atoms with Gasteiger partial charge in [0.05, 0.1) is 12.5 Å². The third-order valence-corrected chi connectivity index (χ3v) is 8.80. The molecule has 0 aromatic carbocycles. The largest absolute Gasteiger partial charge is 0.481 e. The number of halogens is 1. The van der Waals surface area contributed by atoms with E-state index in [1.54, 1.807) is 13.0 Å². The van der Waals surface area contributed by atoms with E-state index in [1.807, 2.05) is 6.92 Å². The Balaban J connectivity index is 1.70. The van der Waals surface area contributed by atoms with Gasteiger partial charge in [-0.05, 0) is 61.2 Å². The molecule has 0 aliphatic heterocycles. The molecular weight excluding hydrogens is 407 g/mol. The molecule has 0 saturated heterocycles. The lowest BCUT2D eigenvalue weighted by Crippen LogP contribution is -2.63. The first-order valence-electron chi connectivity index (χ1n) is 10.8. The van der Waals surface area contributed by atoms with Crippen molar-refractivity contribution < 1.29 is 39.2 Å². The number of hydrogen-bond acceptors (Lipinski definition) is 6. The Morgan fingerprint density at radius 2 is 1.94 bits per heavy atom. The van der Waals surface area contributed by atoms with Crippen LogP contribution in [0.1, 0.15) is 46.0 Å². The summed E-state index contributed by atoms with van der Waals surface area (Å²) in [4.78, 5) is 35.8. The summed E-state index contributed by atoms with van der Waals surface area (Å²) >= 11 is 0. The van der Waals surface area contributed by atoms with Crippen LogP contribution in [-0.2, 0) is 14.4 Å². The van der Waals surface area contributed by atoms with Crippen LogP contribution in [0, 0.1) is 28.6 Å². The van der Waals surface area contributed by atoms with Crippen LogP contribution < -0.4 is 0 Å². The Hall–Kier alpha value is -1.90. The lowest BCUT2D eigenvalue weighted by atomic mass is 9.46. The van der Waals surface area contributed by atoms with Crippen molar-refractivity contribution in [3.63, 3.8) is 0 Å². The number of aliphatic hydroxyl groups is 3. The maximum absolute atomic E-state index is 15.3. The number of carbonyl (C=O) groups excluding carboxylic acids is 2. The molecule has 3 saturated carbocycles. The first-order valence-corrected chi connectivity index (χ1v) is 10.8. The lowest BCUT2D eigenvalue weighted by molar-refractivity contribution is -0.184. The van der Waals surface area contributed by atoms with Gasteiger partial charge < -0.3 is 20.4 Å². The number of aliphatic carboxylic acids is 1. The standard InChI is InChI=1S/C23H29FO7/c1-21-5-3-11(25)7-15(21)16(24)8-12-13(21)4-6-22(2)14(12)9-18(27)23(22,31)20(30)17(26)10-19(28)29/h3,5,7,12-14,16-18,26-27,31H,4,6,8-10H2,1-2H3,(H,28,29)/t12-,13+,14+,16+,17?,18-,21-,22+,23+/m1/s1. The molecule has 0 aromatic heterocycles. The van der Waals surface area contributed by atoms with Crippen molar-refractivity contribution in [2.24, 2.45) is 28.6 Å². The average molecular weight is 436 g/mol. The molecule has 4 aliphatic carbocycles. The Kier molecular flexibility index (Phi) is 5.07. The topological polar surface area (TPSA) is 132 Å². The fraction of sp³-hybridized carbons (Fsp3) is 0.696. The second-order valence-corrected chi connectivity index (χ2v) is 10.2. The van der Waals surface area contributed by atoms with Gasteiger partial charge in [-0.15, -0.1) is 0 Å². The van der Waals surface area contributed by atoms with Crippen LogP contribution in [0.15, 0.2) is 23.8 Å². The second kappa shape index (κ2) is 7.05. The highest BCUT2D eigenvalue weighted by Crippen LogP contribution is 2.67. The van der Waals surface area contributed by atoms with Gasteiger partial charge in [-0.2, -0.15) is 0 Å². The van der Waals surface area contributed by atoms with Gasteiger partial charge in [0.25, 0.3) is 0 Å². The van der Waals surface area contributed by atoms with Crippen molar-refractivity contribution in [3.8, 4) is 0 Å². The minimum atomic E-state index is -2.31. The van der Waals surface area contributed by atoms with Gasteiger partial charge in [-0.25, -0.2) is 4.39 Å². The monoisotopic (exact) mass is 436 g/mol. The van der Waals surface area contributed by atoms with Gasteiger partial charge in [-0.3, -0.25) is 14.4 Å². The number of alkyl halides is 1. The maximum Gasteiger partial charge on any atom is 0.306 e. The van der Waals surface area contributed by atoms with Crippen molar-refractivity contribution >= 4 is 17.5 Å². The van der Waals surface area contributed by atoms with Crippen LogP contribution in [0.25, 0.3) is 0 Å². The van der Waals surface area contributed by atoms with Gasteiger partial charge in [0, 0.05) is 10.8 Å². The molecule has 0 spiro atoms. The van der Waals surface area contributed by atoms with Gasteiger partial charge in [0.15, 0.2) is 17.2 Å². The van der Waals surface area contributed by atoms with Crippen LogP contribution in [0.4, 0.5) is 4.39 Å². The van der Waals surface area contributed by atoms with Crippen LogP contribution in [0.3, 0.4) is 0 Å². The van der Waals surface area contributed by atoms with Crippen LogP contribution in [-0.4, -0.2) is 61.9 Å². The van der Waals surface area contributed by atoms with Gasteiger partial charge in [-0.1, -0.05) is 19.9 Å². The summed E-state index contributed by atoms with van der Waals surface area (Å²) < 4.78 is 15.3. The molecule has 0 radical (unpaired) electrons. The first kappa shape index (κ1) is 22.3. The van der Waals surface area contributed by atoms with E-state index in [9.17, 15) is 29.7 Å². The second-order valence-electron chi connectivity index (χ2n) is 10.2. The number of aliphatic hydroxyl groups excluding tert-OH is 2. The Bertz CT molecular complexity index is 896. The number of carboxylic acids is 1. The van der Waals surface area contributed by atoms with Gasteiger partial charge in [0.1, 0.15) is 12.3 Å². The number of fused-ring (bicyclic) bond motifs is 5. The predicted molar refractivity (Wildman–Crippen MR) is 107 cm³/mol. The molecule has 8 heteroatoms. The van der Waals surface area contributed by atoms with Crippen LogP contribution in [0.5, 0.6) is 0 Å². The highest BCUT2D eigenvalue weighted by molar-refractivity contribution is 6.01. The summed E-state index contributed by atoms with van der Waals surface area (Å²) in [6, 6.07) is 0. The summed E-state index contributed by atoms with van der Waals surface area (Å²) in [5.74, 6) is -3.38. The van der Waals surface area contributed by atoms with E-state index in [0.717, 1.165) is 0 Å². The van der Waals surface area contributed by atoms with E-state index in [1.165, 1.54) is 12.2 Å². The molecule has 4 rings (SSSR count). The highest BCUT2D eigenvalue weighted by atomic mass is 19.1. The average Bonchev–Trinajstić information content (AvgIpc) is 2.90. The van der Waals surface area contributed by atoms with Gasteiger partial charge >= 0.3 is 5.97 Å². The van der Waals surface area contributed by atoms with Crippen molar-refractivity contribution in [1.82, 2.24) is 0 Å². The molecule has 4 N–H and O–H groups in total. The quantitative estimate of drug-likeness (QED) is 0.523. The SMILES string of the molecule is C[C@]12C=CC(=O)C=C1[C@@H](F)C[C@@H]1[C@@H]2CC[C@@]2(C)[C@H]1C[C@@H](O)[C@]2(O)C(=O)C(O)CC(=O)O. The van der Waals surface area contributed by atoms with E-state index in [2.05, 4.69) is 0 Å². The Morgan fingerprint density at radius 3 is 2.58 bits per heavy atom. The van der Waals surface area contributed by atoms with Crippen molar-refractivity contribution in [1.29, 1.82) is 0 Å². The molecule has 0 heterocycles. The van der Waals surface area contributed by atoms with E-state index < -0.39 is 58.9 Å². The van der Waals surface area contributed by atoms with Crippen molar-refractivity contribution in [2.75, 3.05) is 0 Å². The third-order valence-electron chi connectivity index (χ3n) is 8.80. The first-order chi connectivity index (χ1) is 14.4. The number of ketones is 2. The Labute approximate surface area is 179 Å². The molecule has 0 bridgehead atoms. The third kappa shape index (κ3) is 2.91. The van der Waals surface area contributed by atoms with Crippen LogP contribution >= 0.6 is 0 Å². The number of Topliss-reactive ketones (excluding diaryl/α,β-unsaturated/α-hetero) is 1. The van der Waals surface area contributed by atoms with E-state index in [0.29, 0.717) is 18.4 Å². The summed E-state index contributed by atoms with van der Waals surface area (Å²) in [6.07, 6.45) is 0.0299. The fourth-order valence-corrected chi connectivity index (χ4v) is 7.18. The molecule has 170 valence electrons. The van der Waals surface area contributed by atoms with Crippen LogP contribution in [0.2, 0.25) is 0 Å². The van der Waals surface area contributed by atoms with Crippen molar-refractivity contribution in [2.45, 2.75) is 69.9 Å². The highest BCUT2D eigenvalue weighted by Gasteiger charge is 2.71. The van der Waals surface area contributed by atoms with E-state index >= 15 is 4.39 Å². The fourth-order valence-electron chi connectivity index (χ4n) is 7.18. The number of allylic oxidation sites excluding steroid dienone is 4. The molecule has 9 atom stereocenters. The summed E-state index contributed by atoms with van der Waals surface area (Å²) in [6.45, 7) is 3.59. The maximum atomic E-state index is 15.3. The lowest BCUT2D eigenvalue weighted by Gasteiger charge is -2.58. The minimum Gasteiger partial charge on any atom is -0.481 e. The number of carbonyl (C=O) groups is 3. The number of hydrogen-bond donors (Lipinski definition) is 4. The minimum absolute atomic E-state index is 0.0261. The predicted octanol–water partition coefficient (Wildman–Crippen LogP) is 1.35. The zero-order valence-electron chi connectivity index (χ0n) is 17.6. The van der Waals surface area contributed by atoms with E-state index in [-0.39, 0.29) is 30.5 Å². The summed E-state index contributed by atoms with van der Waals surface area (Å²) in [7, 11) is 0. The molecule has 3 fully saturated rings. The normalized spacial score (nSPS) is 47.1. The molecule has 0 amide bonds. The number of carboxylic acid groups (broad SMARTS) is 1. The smallest absolute Gasteiger partial charge is 0.306 e. The molecule has 1 unspecified atom stereocenters. The summed E-state index contributed by atoms with van der Waals surface area (Å²) in [5.41, 5.74) is -3.63. The molecule has 0 aromatic rings. The number of rotatable bonds is 4. The molecule has 7 nitrogen and oxygen atoms in total. The molecule has 4 aliphatic rings. The Morgan fingerprint density at radius 1 is 1.26 bits per heavy atom. The van der Waals surface area contributed by atoms with E-state index in [4.69, 9.17) is 5.11 Å². The van der Waals surface area contributed by atoms with Crippen molar-refractivity contribution in [3.05, 3.63) is 23.8 Å². The van der Waals surface area contributed by atoms with Gasteiger partial charge in [0.2, 0.25) is 0 Å². The summed E-state index contributed by atoms with van der Waals surface area (Å²) in [5, 5.41) is 41.3. The molecule has 31 heavy (non-hydrogen) atoms. The zero-order chi connectivity index (χ0) is 22.9. The zero-order valence-corrected chi connectivity index (χ0v) is 17.6.